The van der Waals surface area contributed by atoms with Crippen LogP contribution in [0.1, 0.15) is 0 Å². The molecule has 1 N–H and O–H groups in total. The number of para-hydroxylation sites is 3. The molecule has 0 amide bonds. The largest absolute Gasteiger partial charge is 0.485 e. The summed E-state index contributed by atoms with van der Waals surface area (Å²) < 4.78 is 5.42. The van der Waals surface area contributed by atoms with E-state index in [9.17, 15) is 10.1 Å². The highest BCUT2D eigenvalue weighted by Crippen LogP contribution is 2.25. The van der Waals surface area contributed by atoms with Crippen molar-refractivity contribution in [1.29, 1.82) is 0 Å². The van der Waals surface area contributed by atoms with Gasteiger partial charge in [-0.25, -0.2) is 0 Å². The number of nitrogens with zero attached hydrogens (tertiary/aromatic N) is 1. The maximum atomic E-state index is 10.8. The Morgan fingerprint density at radius 2 is 1.74 bits per heavy atom. The lowest BCUT2D eigenvalue weighted by Gasteiger charge is -2.08. The van der Waals surface area contributed by atoms with E-state index in [1.54, 1.807) is 18.2 Å². The van der Waals surface area contributed by atoms with Gasteiger partial charge in [-0.2, -0.15) is 0 Å². The van der Waals surface area contributed by atoms with Crippen LogP contribution in [0.3, 0.4) is 0 Å². The normalized spacial score (nSPS) is 9.89. The van der Waals surface area contributed by atoms with Crippen molar-refractivity contribution < 1.29 is 9.66 Å². The van der Waals surface area contributed by atoms with Crippen LogP contribution < -0.4 is 10.1 Å². The number of hydrogen-bond acceptors (Lipinski definition) is 4. The van der Waals surface area contributed by atoms with Crippen LogP contribution in [0, 0.1) is 10.1 Å². The van der Waals surface area contributed by atoms with Crippen LogP contribution in [0.5, 0.6) is 5.75 Å². The van der Waals surface area contributed by atoms with Crippen LogP contribution >= 0.6 is 0 Å². The quantitative estimate of drug-likeness (QED) is 0.491. The summed E-state index contributed by atoms with van der Waals surface area (Å²) in [6, 6.07) is 16.1. The molecule has 5 nitrogen and oxygen atoms in total. The van der Waals surface area contributed by atoms with E-state index in [1.807, 2.05) is 30.3 Å². The lowest BCUT2D eigenvalue weighted by molar-refractivity contribution is -0.385. The van der Waals surface area contributed by atoms with Crippen molar-refractivity contribution in [1.82, 2.24) is 0 Å². The number of nitrogens with one attached hydrogen (secondary N) is 1. The predicted molar refractivity (Wildman–Crippen MR) is 73.5 cm³/mol. The second-order valence-electron chi connectivity index (χ2n) is 3.87. The number of nitro groups is 1. The van der Waals surface area contributed by atoms with Gasteiger partial charge in [0.15, 0.2) is 5.75 Å². The first kappa shape index (κ1) is 12.9. The average molecular weight is 258 g/mol. The van der Waals surface area contributed by atoms with Gasteiger partial charge in [0.25, 0.3) is 0 Å². The molecular weight excluding hydrogens is 244 g/mol. The Balaban J connectivity index is 1.85. The van der Waals surface area contributed by atoms with Crippen LogP contribution in [-0.2, 0) is 0 Å². The van der Waals surface area contributed by atoms with Crippen molar-refractivity contribution in [3.05, 3.63) is 64.7 Å². The SMILES string of the molecule is O=[N+]([O-])c1ccccc1OCCNc1ccccc1. The van der Waals surface area contributed by atoms with Crippen LogP contribution in [0.4, 0.5) is 11.4 Å². The monoisotopic (exact) mass is 258 g/mol. The second-order valence-corrected chi connectivity index (χ2v) is 3.87. The number of anilines is 1. The highest BCUT2D eigenvalue weighted by molar-refractivity contribution is 5.46. The van der Waals surface area contributed by atoms with Crippen LogP contribution in [0.25, 0.3) is 0 Å². The highest BCUT2D eigenvalue weighted by Gasteiger charge is 2.12. The average Bonchev–Trinajstić information content (AvgIpc) is 2.45. The lowest BCUT2D eigenvalue weighted by Crippen LogP contribution is -2.11. The van der Waals surface area contributed by atoms with E-state index in [0.717, 1.165) is 5.69 Å². The molecule has 0 saturated heterocycles. The maximum Gasteiger partial charge on any atom is 0.310 e. The van der Waals surface area contributed by atoms with Gasteiger partial charge in [0, 0.05) is 18.3 Å². The van der Waals surface area contributed by atoms with E-state index in [2.05, 4.69) is 5.32 Å². The van der Waals surface area contributed by atoms with E-state index in [1.165, 1.54) is 6.07 Å². The highest BCUT2D eigenvalue weighted by atomic mass is 16.6. The summed E-state index contributed by atoms with van der Waals surface area (Å²) in [7, 11) is 0. The van der Waals surface area contributed by atoms with Crippen molar-refractivity contribution >= 4 is 11.4 Å². The third-order valence-electron chi connectivity index (χ3n) is 2.52. The van der Waals surface area contributed by atoms with Gasteiger partial charge in [0.05, 0.1) is 4.92 Å². The van der Waals surface area contributed by atoms with Crippen molar-refractivity contribution in [3.8, 4) is 5.75 Å². The molecule has 0 fully saturated rings. The summed E-state index contributed by atoms with van der Waals surface area (Å²) in [6.45, 7) is 0.940. The fourth-order valence-electron chi connectivity index (χ4n) is 1.64. The zero-order chi connectivity index (χ0) is 13.5. The number of nitro benzene ring substituents is 1. The van der Waals surface area contributed by atoms with Crippen molar-refractivity contribution in [2.24, 2.45) is 0 Å². The van der Waals surface area contributed by atoms with E-state index in [4.69, 9.17) is 4.74 Å². The van der Waals surface area contributed by atoms with Crippen LogP contribution in [0.15, 0.2) is 54.6 Å². The zero-order valence-electron chi connectivity index (χ0n) is 10.3. The second kappa shape index (κ2) is 6.39. The van der Waals surface area contributed by atoms with Crippen molar-refractivity contribution in [2.45, 2.75) is 0 Å². The Bertz CT molecular complexity index is 543. The molecule has 0 aliphatic heterocycles. The molecule has 0 aliphatic rings. The minimum absolute atomic E-state index is 0.0118. The molecule has 5 heteroatoms. The summed E-state index contributed by atoms with van der Waals surface area (Å²) in [5.41, 5.74) is 0.982. The Hall–Kier alpha value is -2.56. The zero-order valence-corrected chi connectivity index (χ0v) is 10.3. The molecule has 2 rings (SSSR count). The molecule has 0 aliphatic carbocycles. The first-order chi connectivity index (χ1) is 9.27. The molecule has 0 spiro atoms. The summed E-state index contributed by atoms with van der Waals surface area (Å²) in [4.78, 5) is 10.3. The van der Waals surface area contributed by atoms with Crippen LogP contribution in [-0.4, -0.2) is 18.1 Å². The van der Waals surface area contributed by atoms with Gasteiger partial charge < -0.3 is 10.1 Å². The van der Waals surface area contributed by atoms with E-state index in [0.29, 0.717) is 18.9 Å². The Morgan fingerprint density at radius 3 is 2.47 bits per heavy atom. The number of rotatable bonds is 6. The summed E-state index contributed by atoms with van der Waals surface area (Å²) in [5.74, 6) is 0.294. The molecule has 0 bridgehead atoms. The maximum absolute atomic E-state index is 10.8. The lowest BCUT2D eigenvalue weighted by atomic mass is 10.3. The van der Waals surface area contributed by atoms with Gasteiger partial charge in [0.1, 0.15) is 6.61 Å². The topological polar surface area (TPSA) is 64.4 Å². The summed E-state index contributed by atoms with van der Waals surface area (Å²) in [5, 5.41) is 14.0. The first-order valence-corrected chi connectivity index (χ1v) is 5.92. The van der Waals surface area contributed by atoms with Gasteiger partial charge in [-0.3, -0.25) is 10.1 Å². The minimum Gasteiger partial charge on any atom is -0.485 e. The Labute approximate surface area is 111 Å². The molecule has 0 saturated carbocycles. The summed E-state index contributed by atoms with van der Waals surface area (Å²) in [6.07, 6.45) is 0. The Kier molecular flexibility index (Phi) is 4.34. The van der Waals surface area contributed by atoms with Crippen molar-refractivity contribution in [3.63, 3.8) is 0 Å². The van der Waals surface area contributed by atoms with Gasteiger partial charge in [-0.05, 0) is 18.2 Å². The van der Waals surface area contributed by atoms with E-state index >= 15 is 0 Å². The van der Waals surface area contributed by atoms with Crippen molar-refractivity contribution in [2.75, 3.05) is 18.5 Å². The third-order valence-corrected chi connectivity index (χ3v) is 2.52. The Morgan fingerprint density at radius 1 is 1.05 bits per heavy atom. The van der Waals surface area contributed by atoms with Gasteiger partial charge in [-0.15, -0.1) is 0 Å². The number of benzene rings is 2. The predicted octanol–water partition coefficient (Wildman–Crippen LogP) is 3.09. The molecule has 2 aromatic rings. The molecule has 0 aromatic heterocycles. The molecule has 0 atom stereocenters. The minimum atomic E-state index is -0.444. The van der Waals surface area contributed by atoms with Gasteiger partial charge in [0.2, 0.25) is 0 Å². The van der Waals surface area contributed by atoms with Crippen LogP contribution in [0.2, 0.25) is 0 Å². The standard InChI is InChI=1S/C14H14N2O3/c17-16(18)13-8-4-5-9-14(13)19-11-10-15-12-6-2-1-3-7-12/h1-9,15H,10-11H2. The first-order valence-electron chi connectivity index (χ1n) is 5.92. The number of ether oxygens (including phenoxy) is 1. The molecule has 0 radical (unpaired) electrons. The van der Waals surface area contributed by atoms with E-state index in [-0.39, 0.29) is 5.69 Å². The van der Waals surface area contributed by atoms with Gasteiger partial charge >= 0.3 is 5.69 Å². The fourth-order valence-corrected chi connectivity index (χ4v) is 1.64. The molecule has 0 unspecified atom stereocenters. The fraction of sp³-hybridized carbons (Fsp3) is 0.143. The molecule has 98 valence electrons. The smallest absolute Gasteiger partial charge is 0.310 e. The van der Waals surface area contributed by atoms with Gasteiger partial charge in [-0.1, -0.05) is 30.3 Å². The molecular formula is C14H14N2O3. The van der Waals surface area contributed by atoms with E-state index < -0.39 is 4.92 Å². The molecule has 0 heterocycles. The molecule has 19 heavy (non-hydrogen) atoms. The molecule has 2 aromatic carbocycles. The third kappa shape index (κ3) is 3.70. The number of hydrogen-bond donors (Lipinski definition) is 1. The summed E-state index contributed by atoms with van der Waals surface area (Å²) >= 11 is 0.